The minimum atomic E-state index is 0.470. The Labute approximate surface area is 111 Å². The van der Waals surface area contributed by atoms with Crippen molar-refractivity contribution in [3.63, 3.8) is 0 Å². The van der Waals surface area contributed by atoms with Crippen molar-refractivity contribution in [1.29, 1.82) is 5.26 Å². The quantitative estimate of drug-likeness (QED) is 0.856. The average molecular weight is 255 g/mol. The summed E-state index contributed by atoms with van der Waals surface area (Å²) in [7, 11) is 0. The Hall–Kier alpha value is -1.99. The standard InChI is InChI=1S/C14H13N3S/c1-10-3-2-4-11(7-10)9-18-14-13(16)12(8-15)5-6-17-14/h2-7H,9,16H2,1H3. The van der Waals surface area contributed by atoms with Crippen molar-refractivity contribution < 1.29 is 0 Å². The first-order valence-corrected chi connectivity index (χ1v) is 6.52. The third kappa shape index (κ3) is 2.82. The van der Waals surface area contributed by atoms with Crippen LogP contribution in [-0.2, 0) is 5.75 Å². The second-order valence-electron chi connectivity index (χ2n) is 3.97. The molecule has 2 rings (SSSR count). The van der Waals surface area contributed by atoms with E-state index in [4.69, 9.17) is 11.0 Å². The van der Waals surface area contributed by atoms with Crippen molar-refractivity contribution in [1.82, 2.24) is 4.98 Å². The van der Waals surface area contributed by atoms with E-state index in [0.29, 0.717) is 11.3 Å². The van der Waals surface area contributed by atoms with Gasteiger partial charge in [0.15, 0.2) is 0 Å². The SMILES string of the molecule is Cc1cccc(CSc2nccc(C#N)c2N)c1. The van der Waals surface area contributed by atoms with E-state index >= 15 is 0 Å². The molecule has 1 aromatic carbocycles. The van der Waals surface area contributed by atoms with E-state index in [9.17, 15) is 0 Å². The number of anilines is 1. The van der Waals surface area contributed by atoms with Crippen LogP contribution in [0.15, 0.2) is 41.6 Å². The second kappa shape index (κ2) is 5.56. The summed E-state index contributed by atoms with van der Waals surface area (Å²) >= 11 is 1.55. The first-order valence-electron chi connectivity index (χ1n) is 5.53. The van der Waals surface area contributed by atoms with Gasteiger partial charge in [-0.3, -0.25) is 0 Å². The minimum absolute atomic E-state index is 0.470. The molecule has 2 N–H and O–H groups in total. The molecule has 0 radical (unpaired) electrons. The summed E-state index contributed by atoms with van der Waals surface area (Å²) in [5.74, 6) is 0.799. The highest BCUT2D eigenvalue weighted by Crippen LogP contribution is 2.28. The zero-order valence-corrected chi connectivity index (χ0v) is 10.9. The predicted molar refractivity (Wildman–Crippen MR) is 74.1 cm³/mol. The highest BCUT2D eigenvalue weighted by Gasteiger charge is 2.06. The van der Waals surface area contributed by atoms with Gasteiger partial charge in [0.1, 0.15) is 11.1 Å². The molecule has 90 valence electrons. The fraction of sp³-hybridized carbons (Fsp3) is 0.143. The lowest BCUT2D eigenvalue weighted by molar-refractivity contribution is 1.13. The molecule has 0 aliphatic heterocycles. The lowest BCUT2D eigenvalue weighted by Crippen LogP contribution is -1.96. The van der Waals surface area contributed by atoms with Crippen LogP contribution in [0.2, 0.25) is 0 Å². The fourth-order valence-corrected chi connectivity index (χ4v) is 2.50. The Balaban J connectivity index is 2.14. The molecule has 1 aromatic heterocycles. The zero-order valence-electron chi connectivity index (χ0n) is 10.1. The van der Waals surface area contributed by atoms with E-state index in [1.807, 2.05) is 6.07 Å². The first kappa shape index (κ1) is 12.5. The topological polar surface area (TPSA) is 62.7 Å². The van der Waals surface area contributed by atoms with Crippen molar-refractivity contribution in [2.75, 3.05) is 5.73 Å². The van der Waals surface area contributed by atoms with Crippen LogP contribution in [-0.4, -0.2) is 4.98 Å². The molecule has 0 bridgehead atoms. The van der Waals surface area contributed by atoms with Gasteiger partial charge in [0.05, 0.1) is 11.3 Å². The first-order chi connectivity index (χ1) is 8.70. The highest BCUT2D eigenvalue weighted by atomic mass is 32.2. The Morgan fingerprint density at radius 2 is 2.22 bits per heavy atom. The number of benzene rings is 1. The van der Waals surface area contributed by atoms with Crippen molar-refractivity contribution >= 4 is 17.4 Å². The van der Waals surface area contributed by atoms with E-state index in [2.05, 4.69) is 36.2 Å². The number of aromatic nitrogens is 1. The third-order valence-electron chi connectivity index (χ3n) is 2.53. The molecule has 1 heterocycles. The normalized spacial score (nSPS) is 10.0. The zero-order chi connectivity index (χ0) is 13.0. The van der Waals surface area contributed by atoms with Gasteiger partial charge in [0.2, 0.25) is 0 Å². The Kier molecular flexibility index (Phi) is 3.85. The summed E-state index contributed by atoms with van der Waals surface area (Å²) in [5.41, 5.74) is 9.30. The average Bonchev–Trinajstić information content (AvgIpc) is 2.38. The van der Waals surface area contributed by atoms with Gasteiger partial charge in [-0.2, -0.15) is 5.26 Å². The summed E-state index contributed by atoms with van der Waals surface area (Å²) < 4.78 is 0. The molecule has 0 atom stereocenters. The van der Waals surface area contributed by atoms with Crippen LogP contribution in [0.5, 0.6) is 0 Å². The number of hydrogen-bond acceptors (Lipinski definition) is 4. The molecule has 3 nitrogen and oxygen atoms in total. The van der Waals surface area contributed by atoms with Gasteiger partial charge >= 0.3 is 0 Å². The summed E-state index contributed by atoms with van der Waals surface area (Å²) in [6.07, 6.45) is 1.62. The van der Waals surface area contributed by atoms with Crippen molar-refractivity contribution in [3.8, 4) is 6.07 Å². The summed E-state index contributed by atoms with van der Waals surface area (Å²) in [5, 5.41) is 9.62. The van der Waals surface area contributed by atoms with Crippen LogP contribution in [0.4, 0.5) is 5.69 Å². The molecule has 0 saturated carbocycles. The van der Waals surface area contributed by atoms with Gasteiger partial charge < -0.3 is 5.73 Å². The van der Waals surface area contributed by atoms with E-state index in [1.165, 1.54) is 11.1 Å². The molecule has 0 amide bonds. The van der Waals surface area contributed by atoms with Gasteiger partial charge in [-0.15, -0.1) is 0 Å². The van der Waals surface area contributed by atoms with Crippen molar-refractivity contribution in [3.05, 3.63) is 53.2 Å². The largest absolute Gasteiger partial charge is 0.395 e. The number of pyridine rings is 1. The van der Waals surface area contributed by atoms with Gasteiger partial charge in [-0.05, 0) is 18.6 Å². The number of hydrogen-bond donors (Lipinski definition) is 1. The molecule has 0 aliphatic carbocycles. The van der Waals surface area contributed by atoms with Crippen LogP contribution >= 0.6 is 11.8 Å². The monoisotopic (exact) mass is 255 g/mol. The van der Waals surface area contributed by atoms with Crippen LogP contribution in [0.3, 0.4) is 0 Å². The van der Waals surface area contributed by atoms with Crippen LogP contribution < -0.4 is 5.73 Å². The van der Waals surface area contributed by atoms with E-state index in [0.717, 1.165) is 10.8 Å². The molecular formula is C14H13N3S. The molecule has 4 heteroatoms. The predicted octanol–water partition coefficient (Wildman–Crippen LogP) is 3.14. The number of aryl methyl sites for hydroxylation is 1. The number of nitrogen functional groups attached to an aromatic ring is 1. The lowest BCUT2D eigenvalue weighted by Gasteiger charge is -2.06. The Morgan fingerprint density at radius 3 is 2.94 bits per heavy atom. The number of thioether (sulfide) groups is 1. The van der Waals surface area contributed by atoms with Crippen LogP contribution in [0.25, 0.3) is 0 Å². The third-order valence-corrected chi connectivity index (χ3v) is 3.61. The maximum absolute atomic E-state index is 8.90. The van der Waals surface area contributed by atoms with Crippen molar-refractivity contribution in [2.45, 2.75) is 17.7 Å². The van der Waals surface area contributed by atoms with E-state index in [-0.39, 0.29) is 0 Å². The highest BCUT2D eigenvalue weighted by molar-refractivity contribution is 7.98. The second-order valence-corrected chi connectivity index (χ2v) is 4.93. The summed E-state index contributed by atoms with van der Waals surface area (Å²) in [4.78, 5) is 4.21. The van der Waals surface area contributed by atoms with Gasteiger partial charge in [0, 0.05) is 11.9 Å². The summed E-state index contributed by atoms with van der Waals surface area (Å²) in [6.45, 7) is 2.07. The number of nitriles is 1. The maximum atomic E-state index is 8.90. The minimum Gasteiger partial charge on any atom is -0.395 e. The van der Waals surface area contributed by atoms with Crippen LogP contribution in [0.1, 0.15) is 16.7 Å². The maximum Gasteiger partial charge on any atom is 0.121 e. The number of nitrogens with two attached hydrogens (primary N) is 1. The molecule has 0 aliphatic rings. The summed E-state index contributed by atoms with van der Waals surface area (Å²) in [6, 6.07) is 12.0. The fourth-order valence-electron chi connectivity index (χ4n) is 1.62. The van der Waals surface area contributed by atoms with E-state index < -0.39 is 0 Å². The molecule has 0 fully saturated rings. The molecule has 0 saturated heterocycles. The molecule has 2 aromatic rings. The molecule has 0 spiro atoms. The number of rotatable bonds is 3. The van der Waals surface area contributed by atoms with Crippen molar-refractivity contribution in [2.24, 2.45) is 0 Å². The number of nitrogens with zero attached hydrogens (tertiary/aromatic N) is 2. The van der Waals surface area contributed by atoms with Crippen LogP contribution in [0, 0.1) is 18.3 Å². The Bertz CT molecular complexity index is 602. The molecule has 18 heavy (non-hydrogen) atoms. The molecular weight excluding hydrogens is 242 g/mol. The smallest absolute Gasteiger partial charge is 0.121 e. The lowest BCUT2D eigenvalue weighted by atomic mass is 10.2. The Morgan fingerprint density at radius 1 is 1.39 bits per heavy atom. The van der Waals surface area contributed by atoms with Gasteiger partial charge in [0.25, 0.3) is 0 Å². The van der Waals surface area contributed by atoms with Gasteiger partial charge in [-0.1, -0.05) is 41.6 Å². The van der Waals surface area contributed by atoms with E-state index in [1.54, 1.807) is 24.0 Å². The molecule has 0 unspecified atom stereocenters. The van der Waals surface area contributed by atoms with Gasteiger partial charge in [-0.25, -0.2) is 4.98 Å².